The Morgan fingerprint density at radius 3 is 2.59 bits per heavy atom. The highest BCUT2D eigenvalue weighted by Crippen LogP contribution is 2.28. The first-order valence-electron chi connectivity index (χ1n) is 8.91. The van der Waals surface area contributed by atoms with E-state index in [2.05, 4.69) is 25.3 Å². The average Bonchev–Trinajstić information content (AvgIpc) is 2.66. The summed E-state index contributed by atoms with van der Waals surface area (Å²) in [6.45, 7) is 5.30. The smallest absolute Gasteiger partial charge is 0.283 e. The summed E-state index contributed by atoms with van der Waals surface area (Å²) < 4.78 is 29.8. The molecule has 1 atom stereocenters. The maximum Gasteiger partial charge on any atom is 0.283 e. The van der Waals surface area contributed by atoms with Crippen molar-refractivity contribution >= 4 is 28.6 Å². The number of anilines is 1. The number of rotatable bonds is 5. The van der Waals surface area contributed by atoms with E-state index in [0.717, 1.165) is 12.1 Å². The Kier molecular flexibility index (Phi) is 5.53. The Balaban J connectivity index is 2.20. The number of aryl methyl sites for hydroxylation is 1. The molecule has 3 rings (SSSR count). The fraction of sp³-hybridized carbons (Fsp3) is 0.316. The van der Waals surface area contributed by atoms with Crippen molar-refractivity contribution in [2.24, 2.45) is 4.99 Å². The van der Waals surface area contributed by atoms with E-state index >= 15 is 0 Å². The summed E-state index contributed by atoms with van der Waals surface area (Å²) in [5.74, 6) is -0.971. The molecular formula is C19H21F2N7O. The number of halogens is 2. The van der Waals surface area contributed by atoms with Gasteiger partial charge in [0.1, 0.15) is 34.6 Å². The Hall–Kier alpha value is -3.43. The van der Waals surface area contributed by atoms with Gasteiger partial charge < -0.3 is 10.3 Å². The van der Waals surface area contributed by atoms with Crippen LogP contribution in [-0.4, -0.2) is 39.9 Å². The number of nitrogens with one attached hydrogen (secondary N) is 1. The van der Waals surface area contributed by atoms with Crippen molar-refractivity contribution in [3.63, 3.8) is 0 Å². The van der Waals surface area contributed by atoms with Crippen LogP contribution < -0.4 is 15.9 Å². The van der Waals surface area contributed by atoms with E-state index in [9.17, 15) is 13.6 Å². The van der Waals surface area contributed by atoms with Crippen molar-refractivity contribution in [1.29, 1.82) is 0 Å². The minimum Gasteiger partial charge on any atom is -0.358 e. The van der Waals surface area contributed by atoms with E-state index in [1.165, 1.54) is 16.0 Å². The molecule has 2 aromatic heterocycles. The highest BCUT2D eigenvalue weighted by atomic mass is 19.1. The number of fused-ring (bicyclic) bond motifs is 1. The van der Waals surface area contributed by atoms with Crippen molar-refractivity contribution in [2.45, 2.75) is 26.8 Å². The summed E-state index contributed by atoms with van der Waals surface area (Å²) in [6, 6.07) is 1.28. The number of nitrogens with zero attached hydrogens (tertiary/aromatic N) is 6. The Bertz CT molecular complexity index is 1160. The third-order valence-corrected chi connectivity index (χ3v) is 4.33. The number of hydrogen-bond acceptors (Lipinski definition) is 7. The van der Waals surface area contributed by atoms with Crippen LogP contribution in [-0.2, 0) is 0 Å². The summed E-state index contributed by atoms with van der Waals surface area (Å²) in [5, 5.41) is 4.21. The van der Waals surface area contributed by atoms with Crippen molar-refractivity contribution < 1.29 is 8.78 Å². The zero-order chi connectivity index (χ0) is 21.3. The lowest BCUT2D eigenvalue weighted by Crippen LogP contribution is -2.41. The third-order valence-electron chi connectivity index (χ3n) is 4.33. The molecule has 29 heavy (non-hydrogen) atoms. The Labute approximate surface area is 165 Å². The zero-order valence-corrected chi connectivity index (χ0v) is 16.7. The molecule has 1 aromatic carbocycles. The van der Waals surface area contributed by atoms with Gasteiger partial charge in [-0.25, -0.2) is 28.4 Å². The fourth-order valence-electron chi connectivity index (χ4n) is 3.02. The van der Waals surface area contributed by atoms with E-state index in [0.29, 0.717) is 17.2 Å². The molecule has 0 aliphatic rings. The molecule has 3 aromatic rings. The van der Waals surface area contributed by atoms with Gasteiger partial charge in [-0.05, 0) is 32.9 Å². The van der Waals surface area contributed by atoms with Crippen LogP contribution in [0.4, 0.5) is 20.3 Å². The minimum absolute atomic E-state index is 0.194. The van der Waals surface area contributed by atoms with Gasteiger partial charge in [0.15, 0.2) is 11.6 Å². The second-order valence-corrected chi connectivity index (χ2v) is 6.60. The molecule has 0 radical (unpaired) electrons. The molecule has 0 bridgehead atoms. The van der Waals surface area contributed by atoms with Crippen molar-refractivity contribution in [3.8, 4) is 0 Å². The van der Waals surface area contributed by atoms with E-state index in [1.807, 2.05) is 0 Å². The summed E-state index contributed by atoms with van der Waals surface area (Å²) in [6.07, 6.45) is 3.00. The van der Waals surface area contributed by atoms with Gasteiger partial charge >= 0.3 is 0 Å². The number of hydrogen-bond donors (Lipinski definition) is 1. The number of aromatic nitrogens is 4. The van der Waals surface area contributed by atoms with Crippen LogP contribution in [0.5, 0.6) is 0 Å². The van der Waals surface area contributed by atoms with Crippen molar-refractivity contribution in [1.82, 2.24) is 19.6 Å². The molecule has 0 fully saturated rings. The molecule has 0 spiro atoms. The maximum absolute atomic E-state index is 14.3. The molecule has 0 unspecified atom stereocenters. The predicted molar refractivity (Wildman–Crippen MR) is 109 cm³/mol. The van der Waals surface area contributed by atoms with Crippen molar-refractivity contribution in [2.75, 3.05) is 24.4 Å². The molecule has 2 heterocycles. The molecule has 0 aliphatic carbocycles. The van der Waals surface area contributed by atoms with Crippen LogP contribution in [0.1, 0.15) is 31.4 Å². The van der Waals surface area contributed by atoms with Crippen molar-refractivity contribution in [3.05, 3.63) is 52.0 Å². The maximum atomic E-state index is 14.3. The summed E-state index contributed by atoms with van der Waals surface area (Å²) >= 11 is 0. The zero-order valence-electron chi connectivity index (χ0n) is 16.7. The quantitative estimate of drug-likeness (QED) is 0.662. The van der Waals surface area contributed by atoms with E-state index in [4.69, 9.17) is 0 Å². The van der Waals surface area contributed by atoms with Crippen LogP contribution in [0.15, 0.2) is 28.2 Å². The van der Waals surface area contributed by atoms with E-state index < -0.39 is 28.6 Å². The van der Waals surface area contributed by atoms with E-state index in [1.54, 1.807) is 41.1 Å². The molecular weight excluding hydrogens is 380 g/mol. The first-order valence-corrected chi connectivity index (χ1v) is 8.91. The van der Waals surface area contributed by atoms with Crippen LogP contribution >= 0.6 is 0 Å². The summed E-state index contributed by atoms with van der Waals surface area (Å²) in [4.78, 5) is 29.8. The lowest BCUT2D eigenvalue weighted by Gasteiger charge is -2.25. The molecule has 152 valence electrons. The minimum atomic E-state index is -0.826. The third kappa shape index (κ3) is 3.65. The van der Waals surface area contributed by atoms with Gasteiger partial charge in [0, 0.05) is 20.3 Å². The summed E-state index contributed by atoms with van der Waals surface area (Å²) in [7, 11) is 3.23. The van der Waals surface area contributed by atoms with Gasteiger partial charge in [0.25, 0.3) is 5.56 Å². The summed E-state index contributed by atoms with van der Waals surface area (Å²) in [5.41, 5.74) is 0.185. The van der Waals surface area contributed by atoms with Crippen LogP contribution in [0.2, 0.25) is 0 Å². The largest absolute Gasteiger partial charge is 0.358 e. The van der Waals surface area contributed by atoms with Gasteiger partial charge in [-0.3, -0.25) is 9.79 Å². The molecule has 1 N–H and O–H groups in total. The Morgan fingerprint density at radius 2 is 1.93 bits per heavy atom. The second-order valence-electron chi connectivity index (χ2n) is 6.60. The molecule has 10 heteroatoms. The lowest BCUT2D eigenvalue weighted by atomic mass is 10.2. The first kappa shape index (κ1) is 20.3. The van der Waals surface area contributed by atoms with Crippen LogP contribution in [0, 0.1) is 18.6 Å². The monoisotopic (exact) mass is 401 g/mol. The van der Waals surface area contributed by atoms with Gasteiger partial charge in [0.2, 0.25) is 0 Å². The standard InChI is InChI=1S/C19H21F2N7O/c1-6-22-15-10(2)23-9-24-17(15)25-11(3)18-26-16-13(21)8-7-12(20)14(16)19(29)28(18)27(4)5/h6-9,11H,1-5H3,(H,23,24,25)/b22-6-/t11-/m0/s1. The van der Waals surface area contributed by atoms with Gasteiger partial charge in [-0.1, -0.05) is 0 Å². The molecule has 0 saturated carbocycles. The topological polar surface area (TPSA) is 88.3 Å². The first-order chi connectivity index (χ1) is 13.8. The number of aliphatic imine (C=N–C) groups is 1. The highest BCUT2D eigenvalue weighted by molar-refractivity contribution is 5.79. The SMILES string of the molecule is C/C=N\c1c(C)ncnc1N[C@@H](C)c1nc2c(F)ccc(F)c2c(=O)n1N(C)C. The van der Waals surface area contributed by atoms with Gasteiger partial charge in [0.05, 0.1) is 11.7 Å². The Morgan fingerprint density at radius 1 is 1.24 bits per heavy atom. The second kappa shape index (κ2) is 7.90. The average molecular weight is 401 g/mol. The van der Waals surface area contributed by atoms with Gasteiger partial charge in [-0.2, -0.15) is 0 Å². The van der Waals surface area contributed by atoms with Crippen LogP contribution in [0.3, 0.4) is 0 Å². The lowest BCUT2D eigenvalue weighted by molar-refractivity contribution is 0.584. The molecule has 8 nitrogen and oxygen atoms in total. The highest BCUT2D eigenvalue weighted by Gasteiger charge is 2.23. The molecule has 0 aliphatic heterocycles. The fourth-order valence-corrected chi connectivity index (χ4v) is 3.02. The van der Waals surface area contributed by atoms with Crippen LogP contribution in [0.25, 0.3) is 10.9 Å². The predicted octanol–water partition coefficient (Wildman–Crippen LogP) is 2.87. The molecule has 0 amide bonds. The normalized spacial score (nSPS) is 12.5. The van der Waals surface area contributed by atoms with Gasteiger partial charge in [-0.15, -0.1) is 0 Å². The molecule has 0 saturated heterocycles. The van der Waals surface area contributed by atoms with E-state index in [-0.39, 0.29) is 11.3 Å². The number of benzene rings is 1.